The normalized spacial score (nSPS) is 18.3. The molecule has 1 spiro atoms. The molecule has 0 saturated heterocycles. The molecule has 1 fully saturated rings. The number of rotatable bonds is 5. The zero-order chi connectivity index (χ0) is 22.1. The van der Waals surface area contributed by atoms with Crippen LogP contribution in [0.15, 0.2) is 51.3 Å². The van der Waals surface area contributed by atoms with E-state index in [1.54, 1.807) is 12.1 Å². The van der Waals surface area contributed by atoms with Crippen molar-refractivity contribution in [3.63, 3.8) is 0 Å². The van der Waals surface area contributed by atoms with Crippen LogP contribution in [0.3, 0.4) is 0 Å². The van der Waals surface area contributed by atoms with Gasteiger partial charge < -0.3 is 16.2 Å². The summed E-state index contributed by atoms with van der Waals surface area (Å²) in [5.41, 5.74) is 12.2. The molecule has 0 unspecified atom stereocenters. The summed E-state index contributed by atoms with van der Waals surface area (Å²) < 4.78 is 32.8. The third-order valence-electron chi connectivity index (χ3n) is 5.34. The van der Waals surface area contributed by atoms with E-state index in [1.165, 1.54) is 31.4 Å². The van der Waals surface area contributed by atoms with Crippen LogP contribution in [0.5, 0.6) is 5.88 Å². The van der Waals surface area contributed by atoms with Gasteiger partial charge in [0.1, 0.15) is 5.66 Å². The molecule has 0 atom stereocenters. The number of hydrogen-bond donors (Lipinski definition) is 3. The molecule has 1 aromatic carbocycles. The van der Waals surface area contributed by atoms with Crippen LogP contribution in [-0.4, -0.2) is 43.3 Å². The average Bonchev–Trinajstić information content (AvgIpc) is 2.74. The van der Waals surface area contributed by atoms with Gasteiger partial charge in [-0.05, 0) is 56.0 Å². The van der Waals surface area contributed by atoms with Crippen molar-refractivity contribution in [1.29, 1.82) is 0 Å². The molecule has 0 amide bonds. The van der Waals surface area contributed by atoms with Gasteiger partial charge in [0.05, 0.1) is 12.0 Å². The average molecular weight is 445 g/mol. The van der Waals surface area contributed by atoms with E-state index in [0.29, 0.717) is 5.69 Å². The lowest BCUT2D eigenvalue weighted by atomic mass is 9.87. The van der Waals surface area contributed by atoms with Crippen molar-refractivity contribution in [3.8, 4) is 5.88 Å². The number of methoxy groups -OCH3 is 1. The monoisotopic (exact) mass is 444 g/mol. The minimum atomic E-state index is -3.86. The second-order valence-corrected chi connectivity index (χ2v) is 9.06. The van der Waals surface area contributed by atoms with Gasteiger partial charge in [-0.15, -0.1) is 10.2 Å². The fraction of sp³-hybridized carbons (Fsp3) is 0.368. The van der Waals surface area contributed by atoms with E-state index >= 15 is 0 Å². The molecule has 1 saturated carbocycles. The van der Waals surface area contributed by atoms with E-state index in [2.05, 4.69) is 24.9 Å². The van der Waals surface area contributed by atoms with E-state index in [1.807, 2.05) is 4.90 Å². The van der Waals surface area contributed by atoms with Crippen LogP contribution in [-0.2, 0) is 10.0 Å². The van der Waals surface area contributed by atoms with E-state index in [0.717, 1.165) is 32.1 Å². The van der Waals surface area contributed by atoms with Crippen LogP contribution in [0.4, 0.5) is 11.5 Å². The molecule has 11 nitrogen and oxygen atoms in total. The summed E-state index contributed by atoms with van der Waals surface area (Å²) in [4.78, 5) is 10.7. The summed E-state index contributed by atoms with van der Waals surface area (Å²) in [7, 11) is -2.41. The molecule has 1 aromatic heterocycles. The molecular weight excluding hydrogens is 420 g/mol. The Kier molecular flexibility index (Phi) is 5.39. The van der Waals surface area contributed by atoms with Crippen LogP contribution in [0.2, 0.25) is 0 Å². The van der Waals surface area contributed by atoms with Gasteiger partial charge >= 0.3 is 0 Å². The first-order valence-electron chi connectivity index (χ1n) is 9.83. The molecule has 164 valence electrons. The number of aromatic nitrogens is 2. The Hall–Kier alpha value is -3.41. The highest BCUT2D eigenvalue weighted by Crippen LogP contribution is 2.39. The Bertz CT molecular complexity index is 1110. The SMILES string of the molecule is COc1ccc(NS(=O)(=O)c2ccc(N3C(N)=NC(N)=NC34CCCCC4)cc2)nn1. The first-order valence-corrected chi connectivity index (χ1v) is 11.3. The van der Waals surface area contributed by atoms with E-state index in [-0.39, 0.29) is 28.5 Å². The maximum Gasteiger partial charge on any atom is 0.263 e. The zero-order valence-corrected chi connectivity index (χ0v) is 17.8. The van der Waals surface area contributed by atoms with Gasteiger partial charge in [0.2, 0.25) is 17.8 Å². The summed E-state index contributed by atoms with van der Waals surface area (Å²) >= 11 is 0. The van der Waals surface area contributed by atoms with Crippen molar-refractivity contribution >= 4 is 33.4 Å². The molecule has 31 heavy (non-hydrogen) atoms. The molecule has 2 aliphatic rings. The Labute approximate surface area is 180 Å². The van der Waals surface area contributed by atoms with Crippen LogP contribution >= 0.6 is 0 Å². The Balaban J connectivity index is 1.60. The standard InChI is InChI=1S/C19H24N8O3S/c1-30-16-10-9-15(24-25-16)26-31(28,29)14-7-5-13(6-8-14)27-18(21)22-17(20)23-19(27)11-3-2-4-12-19/h5-10H,2-4,11-12H2,1H3,(H,24,26)(H4,20,21,22,23). The lowest BCUT2D eigenvalue weighted by Crippen LogP contribution is -2.58. The number of anilines is 2. The molecular formula is C19H24N8O3S. The molecule has 2 aromatic rings. The second-order valence-electron chi connectivity index (χ2n) is 7.38. The summed E-state index contributed by atoms with van der Waals surface area (Å²) in [5.74, 6) is 0.785. The van der Waals surface area contributed by atoms with Crippen molar-refractivity contribution in [2.45, 2.75) is 42.7 Å². The van der Waals surface area contributed by atoms with Crippen molar-refractivity contribution in [3.05, 3.63) is 36.4 Å². The molecule has 4 rings (SSSR count). The Morgan fingerprint density at radius 3 is 2.35 bits per heavy atom. The molecule has 12 heteroatoms. The number of aliphatic imine (C=N–C) groups is 2. The van der Waals surface area contributed by atoms with Crippen LogP contribution in [0, 0.1) is 0 Å². The van der Waals surface area contributed by atoms with Gasteiger partial charge in [0.15, 0.2) is 5.82 Å². The summed E-state index contributed by atoms with van der Waals surface area (Å²) in [6.45, 7) is 0. The van der Waals surface area contributed by atoms with Crippen molar-refractivity contribution < 1.29 is 13.2 Å². The lowest BCUT2D eigenvalue weighted by molar-refractivity contribution is 0.305. The molecule has 0 bridgehead atoms. The number of sulfonamides is 1. The van der Waals surface area contributed by atoms with E-state index in [9.17, 15) is 8.42 Å². The van der Waals surface area contributed by atoms with E-state index in [4.69, 9.17) is 16.2 Å². The topological polar surface area (TPSA) is 161 Å². The lowest BCUT2D eigenvalue weighted by Gasteiger charge is -2.45. The molecule has 1 aliphatic heterocycles. The smallest absolute Gasteiger partial charge is 0.263 e. The van der Waals surface area contributed by atoms with Gasteiger partial charge in [-0.3, -0.25) is 9.62 Å². The highest BCUT2D eigenvalue weighted by Gasteiger charge is 2.42. The van der Waals surface area contributed by atoms with E-state index < -0.39 is 15.7 Å². The molecule has 2 heterocycles. The fourth-order valence-electron chi connectivity index (χ4n) is 3.95. The number of ether oxygens (including phenoxy) is 1. The third kappa shape index (κ3) is 4.10. The number of nitrogens with one attached hydrogen (secondary N) is 1. The van der Waals surface area contributed by atoms with Crippen molar-refractivity contribution in [2.75, 3.05) is 16.7 Å². The highest BCUT2D eigenvalue weighted by molar-refractivity contribution is 7.92. The maximum atomic E-state index is 12.7. The van der Waals surface area contributed by atoms with Gasteiger partial charge in [-0.1, -0.05) is 6.42 Å². The predicted molar refractivity (Wildman–Crippen MR) is 117 cm³/mol. The molecule has 0 radical (unpaired) electrons. The highest BCUT2D eigenvalue weighted by atomic mass is 32.2. The van der Waals surface area contributed by atoms with Crippen LogP contribution in [0.25, 0.3) is 0 Å². The van der Waals surface area contributed by atoms with Crippen LogP contribution < -0.4 is 25.8 Å². The quantitative estimate of drug-likeness (QED) is 0.623. The second kappa shape index (κ2) is 8.02. The fourth-order valence-corrected chi connectivity index (χ4v) is 4.95. The summed E-state index contributed by atoms with van der Waals surface area (Å²) in [6.07, 6.45) is 4.71. The number of nitrogens with zero attached hydrogens (tertiary/aromatic N) is 5. The summed E-state index contributed by atoms with van der Waals surface area (Å²) in [5, 5.41) is 7.55. The Morgan fingerprint density at radius 1 is 1.03 bits per heavy atom. The van der Waals surface area contributed by atoms with Gasteiger partial charge in [-0.25, -0.2) is 13.4 Å². The van der Waals surface area contributed by atoms with Crippen LogP contribution in [0.1, 0.15) is 32.1 Å². The third-order valence-corrected chi connectivity index (χ3v) is 6.72. The minimum Gasteiger partial charge on any atom is -0.480 e. The number of nitrogens with two attached hydrogens (primary N) is 2. The molecule has 1 aliphatic carbocycles. The summed E-state index contributed by atoms with van der Waals surface area (Å²) in [6, 6.07) is 9.36. The zero-order valence-electron chi connectivity index (χ0n) is 17.0. The minimum absolute atomic E-state index is 0.0714. The van der Waals surface area contributed by atoms with Gasteiger partial charge in [0.25, 0.3) is 10.0 Å². The number of guanidine groups is 2. The van der Waals surface area contributed by atoms with Gasteiger partial charge in [-0.2, -0.15) is 4.99 Å². The van der Waals surface area contributed by atoms with Crippen molar-refractivity contribution in [1.82, 2.24) is 10.2 Å². The first kappa shape index (κ1) is 20.8. The first-order chi connectivity index (χ1) is 14.8. The maximum absolute atomic E-state index is 12.7. The largest absolute Gasteiger partial charge is 0.480 e. The van der Waals surface area contributed by atoms with Crippen molar-refractivity contribution in [2.24, 2.45) is 21.5 Å². The Morgan fingerprint density at radius 2 is 1.74 bits per heavy atom. The van der Waals surface area contributed by atoms with Gasteiger partial charge in [0, 0.05) is 11.8 Å². The predicted octanol–water partition coefficient (Wildman–Crippen LogP) is 1.40. The number of benzene rings is 1. The number of hydrogen-bond acceptors (Lipinski definition) is 10. The molecule has 5 N–H and O–H groups in total.